The molecule has 0 saturated carbocycles. The van der Waals surface area contributed by atoms with Gasteiger partial charge in [-0.25, -0.2) is 4.39 Å². The molecule has 2 atom stereocenters. The van der Waals surface area contributed by atoms with Gasteiger partial charge in [-0.3, -0.25) is 0 Å². The van der Waals surface area contributed by atoms with Crippen LogP contribution in [-0.4, -0.2) is 19.4 Å². The number of halogens is 1. The summed E-state index contributed by atoms with van der Waals surface area (Å²) >= 11 is 0. The Hall–Kier alpha value is -0.570. The maximum atomic E-state index is 12.6. The van der Waals surface area contributed by atoms with Crippen LogP contribution in [0.25, 0.3) is 0 Å². The van der Waals surface area contributed by atoms with Crippen LogP contribution in [0.1, 0.15) is 52.4 Å². The molecule has 0 rings (SSSR count). The molecule has 0 radical (unpaired) electrons. The lowest BCUT2D eigenvalue weighted by molar-refractivity contribution is 0.0217. The third-order valence-corrected chi connectivity index (χ3v) is 2.64. The van der Waals surface area contributed by atoms with E-state index in [0.717, 1.165) is 12.8 Å². The van der Waals surface area contributed by atoms with Crippen LogP contribution >= 0.6 is 0 Å². The molecular weight excluding hydrogens is 205 g/mol. The van der Waals surface area contributed by atoms with Crippen molar-refractivity contribution in [3.8, 4) is 0 Å². The Labute approximate surface area is 99.3 Å². The van der Waals surface area contributed by atoms with E-state index in [2.05, 4.69) is 12.2 Å². The second-order valence-electron chi connectivity index (χ2n) is 4.15. The van der Waals surface area contributed by atoms with E-state index in [9.17, 15) is 4.39 Å². The average molecular weight is 231 g/mol. The van der Waals surface area contributed by atoms with Gasteiger partial charge in [-0.05, 0) is 39.3 Å². The molecule has 0 heterocycles. The molecule has 0 aliphatic heterocycles. The van der Waals surface area contributed by atoms with Gasteiger partial charge in [0, 0.05) is 12.5 Å². The van der Waals surface area contributed by atoms with Gasteiger partial charge < -0.3 is 10.1 Å². The van der Waals surface area contributed by atoms with Crippen LogP contribution in [0, 0.1) is 0 Å². The number of allylic oxidation sites excluding steroid dienone is 1. The minimum atomic E-state index is -1.15. The monoisotopic (exact) mass is 231 g/mol. The van der Waals surface area contributed by atoms with Gasteiger partial charge in [-0.15, -0.1) is 0 Å². The molecule has 0 spiro atoms. The van der Waals surface area contributed by atoms with Crippen molar-refractivity contribution in [1.82, 2.24) is 5.32 Å². The van der Waals surface area contributed by atoms with Gasteiger partial charge in [0.05, 0.1) is 6.26 Å². The van der Waals surface area contributed by atoms with Crippen LogP contribution in [0.4, 0.5) is 4.39 Å². The van der Waals surface area contributed by atoms with E-state index < -0.39 is 6.36 Å². The molecule has 2 nitrogen and oxygen atoms in total. The van der Waals surface area contributed by atoms with Crippen molar-refractivity contribution in [1.29, 1.82) is 0 Å². The largest absolute Gasteiger partial charge is 0.468 e. The van der Waals surface area contributed by atoms with Gasteiger partial charge in [0.1, 0.15) is 0 Å². The van der Waals surface area contributed by atoms with Crippen LogP contribution < -0.4 is 5.32 Å². The van der Waals surface area contributed by atoms with E-state index in [1.165, 1.54) is 25.5 Å². The lowest BCUT2D eigenvalue weighted by Gasteiger charge is -2.08. The smallest absolute Gasteiger partial charge is 0.237 e. The fourth-order valence-electron chi connectivity index (χ4n) is 1.34. The number of unbranched alkanes of at least 4 members (excludes halogenated alkanes) is 3. The molecule has 0 saturated heterocycles. The van der Waals surface area contributed by atoms with E-state index in [-0.39, 0.29) is 0 Å². The van der Waals surface area contributed by atoms with Crippen LogP contribution in [0.5, 0.6) is 0 Å². The summed E-state index contributed by atoms with van der Waals surface area (Å²) < 4.78 is 17.4. The maximum absolute atomic E-state index is 12.6. The average Bonchev–Trinajstić information content (AvgIpc) is 2.31. The minimum Gasteiger partial charge on any atom is -0.468 e. The summed E-state index contributed by atoms with van der Waals surface area (Å²) in [5, 5.41) is 3.22. The highest BCUT2D eigenvalue weighted by molar-refractivity contribution is 4.73. The van der Waals surface area contributed by atoms with Crippen molar-refractivity contribution in [2.24, 2.45) is 0 Å². The van der Waals surface area contributed by atoms with E-state index in [0.29, 0.717) is 12.5 Å². The number of alkyl halides is 1. The first-order valence-electron chi connectivity index (χ1n) is 6.32. The van der Waals surface area contributed by atoms with Gasteiger partial charge >= 0.3 is 0 Å². The number of nitrogens with one attached hydrogen (secondary N) is 1. The maximum Gasteiger partial charge on any atom is 0.237 e. The zero-order valence-electron chi connectivity index (χ0n) is 10.8. The second-order valence-corrected chi connectivity index (χ2v) is 4.15. The predicted octanol–water partition coefficient (Wildman–Crippen LogP) is 3.78. The summed E-state index contributed by atoms with van der Waals surface area (Å²) in [6.07, 6.45) is 8.48. The van der Waals surface area contributed by atoms with Gasteiger partial charge in [-0.2, -0.15) is 0 Å². The summed E-state index contributed by atoms with van der Waals surface area (Å²) in [6.45, 7) is 3.96. The topological polar surface area (TPSA) is 21.3 Å². The molecule has 0 amide bonds. The summed E-state index contributed by atoms with van der Waals surface area (Å²) in [6, 6.07) is 0.607. The lowest BCUT2D eigenvalue weighted by Crippen LogP contribution is -2.20. The first kappa shape index (κ1) is 15.4. The fraction of sp³-hybridized carbons (Fsp3) is 0.846. The van der Waals surface area contributed by atoms with Crippen molar-refractivity contribution >= 4 is 0 Å². The Kier molecular flexibility index (Phi) is 10.5. The molecule has 0 bridgehead atoms. The van der Waals surface area contributed by atoms with E-state index in [1.54, 1.807) is 6.92 Å². The molecule has 0 fully saturated rings. The zero-order valence-corrected chi connectivity index (χ0v) is 10.8. The van der Waals surface area contributed by atoms with Gasteiger partial charge in [-0.1, -0.05) is 19.8 Å². The van der Waals surface area contributed by atoms with Crippen molar-refractivity contribution in [3.05, 3.63) is 12.3 Å². The molecule has 0 aromatic rings. The van der Waals surface area contributed by atoms with E-state index >= 15 is 0 Å². The van der Waals surface area contributed by atoms with Crippen molar-refractivity contribution < 1.29 is 9.13 Å². The van der Waals surface area contributed by atoms with Crippen molar-refractivity contribution in [2.75, 3.05) is 7.05 Å². The Morgan fingerprint density at radius 1 is 1.31 bits per heavy atom. The zero-order chi connectivity index (χ0) is 12.2. The highest BCUT2D eigenvalue weighted by atomic mass is 19.1. The number of hydrogen-bond donors (Lipinski definition) is 1. The molecule has 2 unspecified atom stereocenters. The SMILES string of the molecule is CCC(F)OC=CCCCCCC(C)NC. The number of ether oxygens (including phenoxy) is 1. The summed E-state index contributed by atoms with van der Waals surface area (Å²) in [7, 11) is 1.99. The Morgan fingerprint density at radius 3 is 2.69 bits per heavy atom. The van der Waals surface area contributed by atoms with Crippen molar-refractivity contribution in [2.45, 2.75) is 64.8 Å². The molecule has 0 aliphatic carbocycles. The molecule has 0 aromatic heterocycles. The van der Waals surface area contributed by atoms with Crippen LogP contribution in [0.2, 0.25) is 0 Å². The fourth-order valence-corrected chi connectivity index (χ4v) is 1.34. The normalized spacial score (nSPS) is 15.2. The molecule has 3 heteroatoms. The quantitative estimate of drug-likeness (QED) is 0.456. The van der Waals surface area contributed by atoms with Crippen LogP contribution in [0.15, 0.2) is 12.3 Å². The standard InChI is InChI=1S/C13H26FNO/c1-4-13(14)16-11-9-7-5-6-8-10-12(2)15-3/h9,11-13,15H,4-8,10H2,1-3H3. The first-order chi connectivity index (χ1) is 7.70. The molecular formula is C13H26FNO. The molecule has 0 aromatic carbocycles. The number of rotatable bonds is 10. The Bertz CT molecular complexity index is 173. The summed E-state index contributed by atoms with van der Waals surface area (Å²) in [4.78, 5) is 0. The summed E-state index contributed by atoms with van der Waals surface area (Å²) in [5.41, 5.74) is 0. The third kappa shape index (κ3) is 9.97. The van der Waals surface area contributed by atoms with E-state index in [4.69, 9.17) is 4.74 Å². The van der Waals surface area contributed by atoms with Crippen LogP contribution in [0.3, 0.4) is 0 Å². The highest BCUT2D eigenvalue weighted by Gasteiger charge is 1.98. The van der Waals surface area contributed by atoms with E-state index in [1.807, 2.05) is 13.1 Å². The Morgan fingerprint density at radius 2 is 2.06 bits per heavy atom. The predicted molar refractivity (Wildman–Crippen MR) is 67.0 cm³/mol. The Balaban J connectivity index is 3.20. The van der Waals surface area contributed by atoms with Gasteiger partial charge in [0.25, 0.3) is 0 Å². The molecule has 0 aliphatic rings. The molecule has 16 heavy (non-hydrogen) atoms. The second kappa shape index (κ2) is 10.9. The minimum absolute atomic E-state index is 0.409. The lowest BCUT2D eigenvalue weighted by atomic mass is 10.1. The van der Waals surface area contributed by atoms with Crippen LogP contribution in [-0.2, 0) is 4.74 Å². The number of hydrogen-bond acceptors (Lipinski definition) is 2. The first-order valence-corrected chi connectivity index (χ1v) is 6.32. The van der Waals surface area contributed by atoms with Gasteiger partial charge in [0.2, 0.25) is 6.36 Å². The van der Waals surface area contributed by atoms with Gasteiger partial charge in [0.15, 0.2) is 0 Å². The molecule has 1 N–H and O–H groups in total. The summed E-state index contributed by atoms with van der Waals surface area (Å²) in [5.74, 6) is 0. The third-order valence-electron chi connectivity index (χ3n) is 2.64. The van der Waals surface area contributed by atoms with Crippen molar-refractivity contribution in [3.63, 3.8) is 0 Å². The molecule has 96 valence electrons. The highest BCUT2D eigenvalue weighted by Crippen LogP contribution is 2.06.